The Morgan fingerprint density at radius 1 is 0.967 bits per heavy atom. The van der Waals surface area contributed by atoms with E-state index in [2.05, 4.69) is 21.4 Å². The van der Waals surface area contributed by atoms with Crippen LogP contribution >= 0.6 is 0 Å². The van der Waals surface area contributed by atoms with Crippen molar-refractivity contribution in [3.63, 3.8) is 0 Å². The standard InChI is InChI=1S/C24H24N4O2/c29-23-10-9-22(28(23)15-17-14-27-21-8-4-2-6-19(17)21)24(30)25-12-11-16-13-26-20-7-3-1-5-18(16)20/h1-8,13-14,22,26-27H,9-12,15H2,(H,25,30). The lowest BCUT2D eigenvalue weighted by Crippen LogP contribution is -2.44. The minimum atomic E-state index is -0.408. The Morgan fingerprint density at radius 3 is 2.33 bits per heavy atom. The number of nitrogens with one attached hydrogen (secondary N) is 3. The highest BCUT2D eigenvalue weighted by Crippen LogP contribution is 2.25. The maximum Gasteiger partial charge on any atom is 0.242 e. The van der Waals surface area contributed by atoms with Gasteiger partial charge in [-0.05, 0) is 36.1 Å². The fourth-order valence-electron chi connectivity index (χ4n) is 4.43. The number of amides is 2. The molecule has 2 aromatic heterocycles. The van der Waals surface area contributed by atoms with Gasteiger partial charge >= 0.3 is 0 Å². The molecule has 3 heterocycles. The molecular weight excluding hydrogens is 376 g/mol. The molecular formula is C24H24N4O2. The topological polar surface area (TPSA) is 81.0 Å². The molecule has 1 atom stereocenters. The molecule has 6 heteroatoms. The molecule has 2 amide bonds. The molecule has 152 valence electrons. The predicted octanol–water partition coefficient (Wildman–Crippen LogP) is 3.50. The SMILES string of the molecule is O=C(NCCc1c[nH]c2ccccc12)C1CCC(=O)N1Cc1c[nH]c2ccccc12. The summed E-state index contributed by atoms with van der Waals surface area (Å²) in [5.41, 5.74) is 4.37. The van der Waals surface area contributed by atoms with E-state index in [9.17, 15) is 9.59 Å². The van der Waals surface area contributed by atoms with Gasteiger partial charge < -0.3 is 20.2 Å². The van der Waals surface area contributed by atoms with E-state index in [0.29, 0.717) is 25.9 Å². The van der Waals surface area contributed by atoms with Gasteiger partial charge in [0.25, 0.3) is 0 Å². The van der Waals surface area contributed by atoms with Crippen molar-refractivity contribution in [2.75, 3.05) is 6.54 Å². The summed E-state index contributed by atoms with van der Waals surface area (Å²) in [5, 5.41) is 5.32. The quantitative estimate of drug-likeness (QED) is 0.463. The fourth-order valence-corrected chi connectivity index (χ4v) is 4.43. The number of carbonyl (C=O) groups is 2. The Kier molecular flexibility index (Phi) is 4.75. The minimum Gasteiger partial charge on any atom is -0.361 e. The molecule has 1 aliphatic heterocycles. The number of likely N-dealkylation sites (tertiary alicyclic amines) is 1. The Balaban J connectivity index is 1.24. The van der Waals surface area contributed by atoms with Crippen molar-refractivity contribution in [3.05, 3.63) is 72.1 Å². The van der Waals surface area contributed by atoms with Crippen molar-refractivity contribution in [1.82, 2.24) is 20.2 Å². The zero-order valence-corrected chi connectivity index (χ0v) is 16.7. The number of aromatic amines is 2. The largest absolute Gasteiger partial charge is 0.361 e. The molecule has 3 N–H and O–H groups in total. The Labute approximate surface area is 174 Å². The molecule has 0 radical (unpaired) electrons. The second kappa shape index (κ2) is 7.71. The van der Waals surface area contributed by atoms with Crippen LogP contribution in [0.4, 0.5) is 0 Å². The van der Waals surface area contributed by atoms with Crippen LogP contribution in [0.25, 0.3) is 21.8 Å². The van der Waals surface area contributed by atoms with E-state index in [0.717, 1.165) is 28.4 Å². The molecule has 0 saturated carbocycles. The molecule has 4 aromatic rings. The number of carbonyl (C=O) groups excluding carboxylic acids is 2. The number of para-hydroxylation sites is 2. The molecule has 1 fully saturated rings. The number of aromatic nitrogens is 2. The van der Waals surface area contributed by atoms with Gasteiger partial charge in [0.05, 0.1) is 0 Å². The summed E-state index contributed by atoms with van der Waals surface area (Å²) in [7, 11) is 0. The molecule has 1 saturated heterocycles. The van der Waals surface area contributed by atoms with Crippen molar-refractivity contribution < 1.29 is 9.59 Å². The number of nitrogens with zero attached hydrogens (tertiary/aromatic N) is 1. The summed E-state index contributed by atoms with van der Waals surface area (Å²) in [5.74, 6) is -0.0300. The van der Waals surface area contributed by atoms with Crippen LogP contribution < -0.4 is 5.32 Å². The van der Waals surface area contributed by atoms with Gasteiger partial charge in [-0.2, -0.15) is 0 Å². The van der Waals surface area contributed by atoms with Gasteiger partial charge in [-0.1, -0.05) is 36.4 Å². The third-order valence-electron chi connectivity index (χ3n) is 6.01. The number of hydrogen-bond acceptors (Lipinski definition) is 2. The zero-order valence-electron chi connectivity index (χ0n) is 16.7. The third-order valence-corrected chi connectivity index (χ3v) is 6.01. The molecule has 0 aliphatic carbocycles. The van der Waals surface area contributed by atoms with E-state index in [1.807, 2.05) is 54.9 Å². The van der Waals surface area contributed by atoms with E-state index < -0.39 is 6.04 Å². The number of hydrogen-bond donors (Lipinski definition) is 3. The summed E-state index contributed by atoms with van der Waals surface area (Å²) < 4.78 is 0. The Hall–Kier alpha value is -3.54. The smallest absolute Gasteiger partial charge is 0.242 e. The first-order valence-electron chi connectivity index (χ1n) is 10.4. The van der Waals surface area contributed by atoms with Crippen LogP contribution in [0.2, 0.25) is 0 Å². The molecule has 30 heavy (non-hydrogen) atoms. The lowest BCUT2D eigenvalue weighted by Gasteiger charge is -2.24. The van der Waals surface area contributed by atoms with Crippen LogP contribution in [0.1, 0.15) is 24.0 Å². The normalized spacial score (nSPS) is 16.6. The predicted molar refractivity (Wildman–Crippen MR) is 117 cm³/mol. The number of rotatable bonds is 6. The van der Waals surface area contributed by atoms with Crippen LogP contribution in [0.5, 0.6) is 0 Å². The van der Waals surface area contributed by atoms with Gasteiger partial charge in [0.2, 0.25) is 11.8 Å². The van der Waals surface area contributed by atoms with E-state index in [1.54, 1.807) is 4.90 Å². The zero-order chi connectivity index (χ0) is 20.5. The third kappa shape index (κ3) is 3.34. The van der Waals surface area contributed by atoms with Crippen LogP contribution in [0, 0.1) is 0 Å². The molecule has 0 bridgehead atoms. The minimum absolute atomic E-state index is 0.0389. The van der Waals surface area contributed by atoms with E-state index in [-0.39, 0.29) is 11.8 Å². The second-order valence-electron chi connectivity index (χ2n) is 7.84. The molecule has 1 aliphatic rings. The van der Waals surface area contributed by atoms with Crippen LogP contribution in [-0.4, -0.2) is 39.3 Å². The molecule has 0 spiro atoms. The summed E-state index contributed by atoms with van der Waals surface area (Å²) in [6.45, 7) is 0.996. The van der Waals surface area contributed by atoms with Gasteiger partial charge in [0.15, 0.2) is 0 Å². The summed E-state index contributed by atoms with van der Waals surface area (Å²) in [4.78, 5) is 33.6. The summed E-state index contributed by atoms with van der Waals surface area (Å²) in [6, 6.07) is 15.8. The second-order valence-corrected chi connectivity index (χ2v) is 7.84. The number of H-pyrrole nitrogens is 2. The Morgan fingerprint density at radius 2 is 1.60 bits per heavy atom. The molecule has 1 unspecified atom stereocenters. The Bertz CT molecular complexity index is 1220. The van der Waals surface area contributed by atoms with Crippen LogP contribution in [-0.2, 0) is 22.6 Å². The monoisotopic (exact) mass is 400 g/mol. The van der Waals surface area contributed by atoms with Crippen molar-refractivity contribution in [2.24, 2.45) is 0 Å². The lowest BCUT2D eigenvalue weighted by molar-refractivity contribution is -0.135. The van der Waals surface area contributed by atoms with Crippen molar-refractivity contribution in [1.29, 1.82) is 0 Å². The lowest BCUT2D eigenvalue weighted by atomic mass is 10.1. The average molecular weight is 400 g/mol. The molecule has 5 rings (SSSR count). The maximum atomic E-state index is 12.9. The van der Waals surface area contributed by atoms with Crippen LogP contribution in [0.15, 0.2) is 60.9 Å². The highest BCUT2D eigenvalue weighted by molar-refractivity contribution is 5.91. The van der Waals surface area contributed by atoms with Crippen molar-refractivity contribution in [3.8, 4) is 0 Å². The maximum absolute atomic E-state index is 12.9. The number of fused-ring (bicyclic) bond motifs is 2. The van der Waals surface area contributed by atoms with Crippen LogP contribution in [0.3, 0.4) is 0 Å². The van der Waals surface area contributed by atoms with Crippen molar-refractivity contribution >= 4 is 33.6 Å². The van der Waals surface area contributed by atoms with E-state index in [1.165, 1.54) is 10.9 Å². The van der Waals surface area contributed by atoms with Gasteiger partial charge in [-0.3, -0.25) is 9.59 Å². The molecule has 6 nitrogen and oxygen atoms in total. The summed E-state index contributed by atoms with van der Waals surface area (Å²) in [6.07, 6.45) is 5.67. The average Bonchev–Trinajstić information content (AvgIpc) is 3.47. The van der Waals surface area contributed by atoms with E-state index in [4.69, 9.17) is 0 Å². The first-order chi connectivity index (χ1) is 14.7. The van der Waals surface area contributed by atoms with Gasteiger partial charge in [-0.15, -0.1) is 0 Å². The summed E-state index contributed by atoms with van der Waals surface area (Å²) >= 11 is 0. The first-order valence-corrected chi connectivity index (χ1v) is 10.4. The highest BCUT2D eigenvalue weighted by atomic mass is 16.2. The highest BCUT2D eigenvalue weighted by Gasteiger charge is 2.36. The van der Waals surface area contributed by atoms with E-state index >= 15 is 0 Å². The van der Waals surface area contributed by atoms with Crippen molar-refractivity contribution in [2.45, 2.75) is 31.8 Å². The first kappa shape index (κ1) is 18.5. The number of benzene rings is 2. The fraction of sp³-hybridized carbons (Fsp3) is 0.250. The van der Waals surface area contributed by atoms with Gasteiger partial charge in [0.1, 0.15) is 6.04 Å². The van der Waals surface area contributed by atoms with Gasteiger partial charge in [-0.25, -0.2) is 0 Å². The van der Waals surface area contributed by atoms with Gasteiger partial charge in [0, 0.05) is 53.7 Å². The molecule has 2 aromatic carbocycles.